The van der Waals surface area contributed by atoms with E-state index in [0.717, 1.165) is 41.9 Å². The third kappa shape index (κ3) is 4.26. The number of carboxylic acid groups (broad SMARTS) is 1. The van der Waals surface area contributed by atoms with Gasteiger partial charge in [0, 0.05) is 23.9 Å². The summed E-state index contributed by atoms with van der Waals surface area (Å²) in [7, 11) is 0. The number of para-hydroxylation sites is 1. The largest absolute Gasteiger partial charge is 0.480 e. The van der Waals surface area contributed by atoms with E-state index < -0.39 is 12.0 Å². The van der Waals surface area contributed by atoms with Gasteiger partial charge in [-0.05, 0) is 31.5 Å². The molecule has 1 aliphatic heterocycles. The minimum atomic E-state index is -0.730. The lowest BCUT2D eigenvalue weighted by Gasteiger charge is -2.32. The molecule has 1 aliphatic rings. The van der Waals surface area contributed by atoms with Gasteiger partial charge in [0.2, 0.25) is 0 Å². The Morgan fingerprint density at radius 3 is 2.39 bits per heavy atom. The standard InChI is InChI=1S/C22H23N3O2.ClH/c26-22(27)20-13-7-8-14-24(20)15-18-16-25(19-11-5-2-6-12-19)23-21(18)17-9-3-1-4-10-17;/h1-6,9-12,16,20H,7-8,13-15H2,(H,26,27);1H. The first kappa shape index (κ1) is 20.1. The number of piperidine rings is 1. The number of benzene rings is 2. The highest BCUT2D eigenvalue weighted by Crippen LogP contribution is 2.27. The smallest absolute Gasteiger partial charge is 0.320 e. The fourth-order valence-corrected chi connectivity index (χ4v) is 3.76. The topological polar surface area (TPSA) is 58.4 Å². The van der Waals surface area contributed by atoms with Crippen LogP contribution in [-0.4, -0.2) is 38.3 Å². The van der Waals surface area contributed by atoms with Gasteiger partial charge in [-0.1, -0.05) is 55.0 Å². The number of aromatic nitrogens is 2. The van der Waals surface area contributed by atoms with E-state index >= 15 is 0 Å². The molecular formula is C22H24ClN3O2. The van der Waals surface area contributed by atoms with Crippen molar-refractivity contribution in [1.82, 2.24) is 14.7 Å². The summed E-state index contributed by atoms with van der Waals surface area (Å²) in [6.07, 6.45) is 4.76. The average Bonchev–Trinajstić information content (AvgIpc) is 3.13. The third-order valence-electron chi connectivity index (χ3n) is 5.13. The summed E-state index contributed by atoms with van der Waals surface area (Å²) in [6, 6.07) is 19.7. The summed E-state index contributed by atoms with van der Waals surface area (Å²) in [6.45, 7) is 1.40. The number of carboxylic acids is 1. The molecule has 5 nitrogen and oxygen atoms in total. The van der Waals surface area contributed by atoms with Gasteiger partial charge in [-0.15, -0.1) is 12.4 Å². The average molecular weight is 398 g/mol. The maximum atomic E-state index is 11.7. The van der Waals surface area contributed by atoms with Gasteiger partial charge in [-0.25, -0.2) is 4.68 Å². The monoisotopic (exact) mass is 397 g/mol. The van der Waals surface area contributed by atoms with Crippen LogP contribution in [0.4, 0.5) is 0 Å². The van der Waals surface area contributed by atoms with Crippen molar-refractivity contribution in [2.45, 2.75) is 31.8 Å². The fourth-order valence-electron chi connectivity index (χ4n) is 3.76. The second kappa shape index (κ2) is 9.04. The zero-order chi connectivity index (χ0) is 18.6. The number of aliphatic carboxylic acids is 1. The molecule has 6 heteroatoms. The number of likely N-dealkylation sites (tertiary alicyclic amines) is 1. The Morgan fingerprint density at radius 1 is 1.04 bits per heavy atom. The molecule has 0 aliphatic carbocycles. The van der Waals surface area contributed by atoms with Crippen molar-refractivity contribution in [2.75, 3.05) is 6.54 Å². The van der Waals surface area contributed by atoms with Gasteiger partial charge in [-0.3, -0.25) is 9.69 Å². The van der Waals surface area contributed by atoms with Gasteiger partial charge < -0.3 is 5.11 Å². The summed E-state index contributed by atoms with van der Waals surface area (Å²) in [5.74, 6) is -0.730. The van der Waals surface area contributed by atoms with E-state index in [1.807, 2.05) is 71.5 Å². The van der Waals surface area contributed by atoms with E-state index in [4.69, 9.17) is 5.10 Å². The molecule has 1 fully saturated rings. The molecule has 146 valence electrons. The van der Waals surface area contributed by atoms with Crippen molar-refractivity contribution in [3.8, 4) is 16.9 Å². The van der Waals surface area contributed by atoms with Gasteiger partial charge in [0.15, 0.2) is 0 Å². The molecule has 2 aromatic carbocycles. The van der Waals surface area contributed by atoms with Crippen molar-refractivity contribution in [2.24, 2.45) is 0 Å². The van der Waals surface area contributed by atoms with E-state index in [1.54, 1.807) is 0 Å². The Bertz CT molecular complexity index is 912. The Balaban J connectivity index is 0.00000225. The Kier molecular flexibility index (Phi) is 6.49. The molecule has 1 aromatic heterocycles. The van der Waals surface area contributed by atoms with Crippen LogP contribution in [-0.2, 0) is 11.3 Å². The van der Waals surface area contributed by atoms with Crippen LogP contribution in [0.15, 0.2) is 66.9 Å². The molecule has 1 atom stereocenters. The van der Waals surface area contributed by atoms with Gasteiger partial charge >= 0.3 is 5.97 Å². The highest BCUT2D eigenvalue weighted by molar-refractivity contribution is 5.85. The lowest BCUT2D eigenvalue weighted by Crippen LogP contribution is -2.44. The van der Waals surface area contributed by atoms with Crippen LogP contribution < -0.4 is 0 Å². The number of nitrogens with zero attached hydrogens (tertiary/aromatic N) is 3. The Morgan fingerprint density at radius 2 is 1.71 bits per heavy atom. The van der Waals surface area contributed by atoms with Gasteiger partial charge in [0.1, 0.15) is 6.04 Å². The fraction of sp³-hybridized carbons (Fsp3) is 0.273. The molecular weight excluding hydrogens is 374 g/mol. The van der Waals surface area contributed by atoms with Crippen LogP contribution in [0, 0.1) is 0 Å². The minimum Gasteiger partial charge on any atom is -0.480 e. The van der Waals surface area contributed by atoms with E-state index in [0.29, 0.717) is 13.0 Å². The molecule has 0 bridgehead atoms. The summed E-state index contributed by atoms with van der Waals surface area (Å²) in [5.41, 5.74) is 4.01. The molecule has 1 unspecified atom stereocenters. The zero-order valence-electron chi connectivity index (χ0n) is 15.6. The Hall–Kier alpha value is -2.63. The van der Waals surface area contributed by atoms with Crippen LogP contribution in [0.2, 0.25) is 0 Å². The van der Waals surface area contributed by atoms with Gasteiger partial charge in [0.05, 0.1) is 11.4 Å². The molecule has 0 saturated carbocycles. The Labute approximate surface area is 171 Å². The van der Waals surface area contributed by atoms with Crippen LogP contribution >= 0.6 is 12.4 Å². The molecule has 0 amide bonds. The predicted octanol–water partition coefficient (Wildman–Crippen LogP) is 4.40. The molecule has 0 spiro atoms. The highest BCUT2D eigenvalue weighted by atomic mass is 35.5. The number of hydrogen-bond acceptors (Lipinski definition) is 3. The minimum absolute atomic E-state index is 0. The first-order chi connectivity index (χ1) is 13.2. The number of carbonyl (C=O) groups is 1. The summed E-state index contributed by atoms with van der Waals surface area (Å²) < 4.78 is 1.89. The molecule has 3 aromatic rings. The normalized spacial score (nSPS) is 17.1. The molecule has 1 N–H and O–H groups in total. The van der Waals surface area contributed by atoms with Crippen LogP contribution in [0.3, 0.4) is 0 Å². The van der Waals surface area contributed by atoms with Crippen molar-refractivity contribution < 1.29 is 9.90 Å². The van der Waals surface area contributed by atoms with Crippen molar-refractivity contribution in [1.29, 1.82) is 0 Å². The van der Waals surface area contributed by atoms with Crippen molar-refractivity contribution in [3.05, 3.63) is 72.4 Å². The maximum Gasteiger partial charge on any atom is 0.320 e. The number of halogens is 1. The van der Waals surface area contributed by atoms with Gasteiger partial charge in [0.25, 0.3) is 0 Å². The highest BCUT2D eigenvalue weighted by Gasteiger charge is 2.29. The van der Waals surface area contributed by atoms with Crippen LogP contribution in [0.1, 0.15) is 24.8 Å². The third-order valence-corrected chi connectivity index (χ3v) is 5.13. The predicted molar refractivity (Wildman–Crippen MR) is 112 cm³/mol. The second-order valence-corrected chi connectivity index (χ2v) is 6.97. The molecule has 4 rings (SSSR count). The number of hydrogen-bond donors (Lipinski definition) is 1. The van der Waals surface area contributed by atoms with Crippen molar-refractivity contribution in [3.63, 3.8) is 0 Å². The molecule has 1 saturated heterocycles. The zero-order valence-corrected chi connectivity index (χ0v) is 16.4. The van der Waals surface area contributed by atoms with Gasteiger partial charge in [-0.2, -0.15) is 5.10 Å². The lowest BCUT2D eigenvalue weighted by atomic mass is 10.0. The second-order valence-electron chi connectivity index (χ2n) is 6.97. The molecule has 0 radical (unpaired) electrons. The lowest BCUT2D eigenvalue weighted by molar-refractivity contribution is -0.144. The van der Waals surface area contributed by atoms with E-state index in [2.05, 4.69) is 4.90 Å². The quantitative estimate of drug-likeness (QED) is 0.693. The van der Waals surface area contributed by atoms with Crippen molar-refractivity contribution >= 4 is 18.4 Å². The molecule has 2 heterocycles. The molecule has 28 heavy (non-hydrogen) atoms. The first-order valence-corrected chi connectivity index (χ1v) is 9.38. The summed E-state index contributed by atoms with van der Waals surface area (Å²) in [5, 5.41) is 14.4. The first-order valence-electron chi connectivity index (χ1n) is 9.38. The van der Waals surface area contributed by atoms with Crippen LogP contribution in [0.5, 0.6) is 0 Å². The number of rotatable bonds is 5. The van der Waals surface area contributed by atoms with E-state index in [9.17, 15) is 9.90 Å². The van der Waals surface area contributed by atoms with E-state index in [1.165, 1.54) is 0 Å². The van der Waals surface area contributed by atoms with Crippen LogP contribution in [0.25, 0.3) is 16.9 Å². The summed E-state index contributed by atoms with van der Waals surface area (Å²) in [4.78, 5) is 13.7. The SMILES string of the molecule is Cl.O=C(O)C1CCCCN1Cc1cn(-c2ccccc2)nc1-c1ccccc1. The maximum absolute atomic E-state index is 11.7. The summed E-state index contributed by atoms with van der Waals surface area (Å²) >= 11 is 0. The van der Waals surface area contributed by atoms with E-state index in [-0.39, 0.29) is 12.4 Å².